The van der Waals surface area contributed by atoms with Gasteiger partial charge < -0.3 is 10.5 Å². The van der Waals surface area contributed by atoms with Crippen molar-refractivity contribution in [3.05, 3.63) is 28.0 Å². The lowest BCUT2D eigenvalue weighted by atomic mass is 9.85. The molecule has 0 aliphatic heterocycles. The molecule has 6 heteroatoms. The molecule has 0 saturated heterocycles. The number of carbonyl (C=O) groups excluding carboxylic acids is 1. The smallest absolute Gasteiger partial charge is 0.323 e. The molecule has 1 fully saturated rings. The molecule has 1 aliphatic carbocycles. The Kier molecular flexibility index (Phi) is 6.93. The fourth-order valence-corrected chi connectivity index (χ4v) is 3.37. The number of nitrogens with two attached hydrogens (primary N) is 1. The standard InChI is InChI=1S/C16H22Cl2N2O2/c17-14-8-12(9-15(18)20-14)10-22-16(21)13(19)7-6-11-4-2-1-3-5-11/h8-9,11,13H,1-7,10,19H2/t13-/m0/s1. The normalized spacial score (nSPS) is 17.2. The Morgan fingerprint density at radius 3 is 2.55 bits per heavy atom. The van der Waals surface area contributed by atoms with E-state index in [1.807, 2.05) is 0 Å². The molecule has 1 aromatic rings. The first-order valence-electron chi connectivity index (χ1n) is 7.79. The van der Waals surface area contributed by atoms with Crippen LogP contribution < -0.4 is 5.73 Å². The summed E-state index contributed by atoms with van der Waals surface area (Å²) in [7, 11) is 0. The molecule has 4 nitrogen and oxygen atoms in total. The third-order valence-electron chi connectivity index (χ3n) is 4.12. The van der Waals surface area contributed by atoms with Crippen molar-refractivity contribution in [2.45, 2.75) is 57.6 Å². The number of aromatic nitrogens is 1. The summed E-state index contributed by atoms with van der Waals surface area (Å²) in [6, 6.07) is 2.68. The number of pyridine rings is 1. The Labute approximate surface area is 141 Å². The zero-order valence-electron chi connectivity index (χ0n) is 12.6. The van der Waals surface area contributed by atoms with Crippen molar-refractivity contribution in [2.24, 2.45) is 11.7 Å². The van der Waals surface area contributed by atoms with Gasteiger partial charge in [0.15, 0.2) is 0 Å². The van der Waals surface area contributed by atoms with Crippen molar-refractivity contribution in [3.8, 4) is 0 Å². The average molecular weight is 345 g/mol. The number of ether oxygens (including phenoxy) is 1. The Hall–Kier alpha value is -0.840. The summed E-state index contributed by atoms with van der Waals surface area (Å²) >= 11 is 11.6. The van der Waals surface area contributed by atoms with Crippen LogP contribution in [0.1, 0.15) is 50.5 Å². The molecule has 2 rings (SSSR count). The summed E-state index contributed by atoms with van der Waals surface area (Å²) in [5, 5.41) is 0.556. The second-order valence-corrected chi connectivity index (χ2v) is 6.69. The Bertz CT molecular complexity index is 485. The first-order chi connectivity index (χ1) is 10.5. The maximum Gasteiger partial charge on any atom is 0.323 e. The highest BCUT2D eigenvalue weighted by molar-refractivity contribution is 6.32. The zero-order valence-corrected chi connectivity index (χ0v) is 14.1. The Balaban J connectivity index is 1.73. The third kappa shape index (κ3) is 5.75. The van der Waals surface area contributed by atoms with Gasteiger partial charge in [0.05, 0.1) is 0 Å². The highest BCUT2D eigenvalue weighted by Gasteiger charge is 2.19. The summed E-state index contributed by atoms with van der Waals surface area (Å²) in [5.74, 6) is 0.338. The van der Waals surface area contributed by atoms with E-state index in [2.05, 4.69) is 4.98 Å². The van der Waals surface area contributed by atoms with Gasteiger partial charge in [-0.1, -0.05) is 55.3 Å². The number of esters is 1. The highest BCUT2D eigenvalue weighted by atomic mass is 35.5. The summed E-state index contributed by atoms with van der Waals surface area (Å²) in [6.07, 6.45) is 8.14. The van der Waals surface area contributed by atoms with Crippen LogP contribution in [-0.4, -0.2) is 17.0 Å². The number of halogens is 2. The van der Waals surface area contributed by atoms with E-state index < -0.39 is 6.04 Å². The molecule has 1 atom stereocenters. The number of hydrogen-bond donors (Lipinski definition) is 1. The van der Waals surface area contributed by atoms with Crippen LogP contribution in [0.3, 0.4) is 0 Å². The van der Waals surface area contributed by atoms with Gasteiger partial charge in [-0.15, -0.1) is 0 Å². The summed E-state index contributed by atoms with van der Waals surface area (Å²) < 4.78 is 5.23. The van der Waals surface area contributed by atoms with E-state index in [1.165, 1.54) is 32.1 Å². The van der Waals surface area contributed by atoms with E-state index in [4.69, 9.17) is 33.7 Å². The van der Waals surface area contributed by atoms with Crippen molar-refractivity contribution in [1.82, 2.24) is 4.98 Å². The van der Waals surface area contributed by atoms with Crippen molar-refractivity contribution in [2.75, 3.05) is 0 Å². The van der Waals surface area contributed by atoms with Gasteiger partial charge in [-0.05, 0) is 36.5 Å². The molecular weight excluding hydrogens is 323 g/mol. The molecule has 1 aliphatic rings. The fraction of sp³-hybridized carbons (Fsp3) is 0.625. The lowest BCUT2D eigenvalue weighted by Crippen LogP contribution is -2.32. The molecular formula is C16H22Cl2N2O2. The van der Waals surface area contributed by atoms with Gasteiger partial charge in [0.1, 0.15) is 23.0 Å². The van der Waals surface area contributed by atoms with Crippen LogP contribution in [0.4, 0.5) is 0 Å². The van der Waals surface area contributed by atoms with E-state index in [0.29, 0.717) is 17.9 Å². The van der Waals surface area contributed by atoms with Crippen LogP contribution in [0, 0.1) is 5.92 Å². The van der Waals surface area contributed by atoms with Gasteiger partial charge in [0, 0.05) is 0 Å². The predicted molar refractivity (Wildman–Crippen MR) is 87.8 cm³/mol. The van der Waals surface area contributed by atoms with E-state index in [1.54, 1.807) is 12.1 Å². The van der Waals surface area contributed by atoms with Gasteiger partial charge in [-0.25, -0.2) is 4.98 Å². The number of hydrogen-bond acceptors (Lipinski definition) is 4. The van der Waals surface area contributed by atoms with Gasteiger partial charge in [0.25, 0.3) is 0 Å². The minimum atomic E-state index is -0.560. The second kappa shape index (κ2) is 8.70. The quantitative estimate of drug-likeness (QED) is 0.622. The molecule has 0 unspecified atom stereocenters. The number of rotatable bonds is 6. The summed E-state index contributed by atoms with van der Waals surface area (Å²) in [5.41, 5.74) is 6.63. The molecule has 1 aromatic heterocycles. The van der Waals surface area contributed by atoms with Gasteiger partial charge in [0.2, 0.25) is 0 Å². The molecule has 1 saturated carbocycles. The first-order valence-corrected chi connectivity index (χ1v) is 8.54. The maximum absolute atomic E-state index is 11.9. The molecule has 122 valence electrons. The minimum absolute atomic E-state index is 0.109. The second-order valence-electron chi connectivity index (χ2n) is 5.92. The number of nitrogens with zero attached hydrogens (tertiary/aromatic N) is 1. The predicted octanol–water partition coefficient (Wildman–Crippen LogP) is 4.12. The molecule has 2 N–H and O–H groups in total. The monoisotopic (exact) mass is 344 g/mol. The largest absolute Gasteiger partial charge is 0.460 e. The van der Waals surface area contributed by atoms with E-state index in [9.17, 15) is 4.79 Å². The molecule has 0 amide bonds. The SMILES string of the molecule is N[C@@H](CCC1CCCCC1)C(=O)OCc1cc(Cl)nc(Cl)c1. The maximum atomic E-state index is 11.9. The average Bonchev–Trinajstić information content (AvgIpc) is 2.50. The first kappa shape index (κ1) is 17.5. The molecule has 22 heavy (non-hydrogen) atoms. The van der Waals surface area contributed by atoms with Crippen molar-refractivity contribution in [3.63, 3.8) is 0 Å². The number of carbonyl (C=O) groups is 1. The van der Waals surface area contributed by atoms with E-state index in [-0.39, 0.29) is 22.9 Å². The van der Waals surface area contributed by atoms with E-state index in [0.717, 1.165) is 6.42 Å². The molecule has 1 heterocycles. The van der Waals surface area contributed by atoms with Crippen LogP contribution in [0.25, 0.3) is 0 Å². The molecule has 0 aromatic carbocycles. The Morgan fingerprint density at radius 2 is 1.91 bits per heavy atom. The lowest BCUT2D eigenvalue weighted by molar-refractivity contribution is -0.146. The summed E-state index contributed by atoms with van der Waals surface area (Å²) in [4.78, 5) is 15.8. The molecule has 0 spiro atoms. The van der Waals surface area contributed by atoms with Crippen LogP contribution in [0.2, 0.25) is 10.3 Å². The molecule has 0 bridgehead atoms. The third-order valence-corrected chi connectivity index (χ3v) is 4.50. The Morgan fingerprint density at radius 1 is 1.27 bits per heavy atom. The fourth-order valence-electron chi connectivity index (χ4n) is 2.87. The van der Waals surface area contributed by atoms with Gasteiger partial charge >= 0.3 is 5.97 Å². The topological polar surface area (TPSA) is 65.2 Å². The van der Waals surface area contributed by atoms with Crippen LogP contribution in [0.5, 0.6) is 0 Å². The zero-order chi connectivity index (χ0) is 15.9. The van der Waals surface area contributed by atoms with Gasteiger partial charge in [-0.2, -0.15) is 0 Å². The van der Waals surface area contributed by atoms with Crippen molar-refractivity contribution < 1.29 is 9.53 Å². The van der Waals surface area contributed by atoms with Crippen LogP contribution in [0.15, 0.2) is 12.1 Å². The summed E-state index contributed by atoms with van der Waals surface area (Å²) in [6.45, 7) is 0.109. The minimum Gasteiger partial charge on any atom is -0.460 e. The van der Waals surface area contributed by atoms with Crippen LogP contribution >= 0.6 is 23.2 Å². The van der Waals surface area contributed by atoms with Crippen molar-refractivity contribution in [1.29, 1.82) is 0 Å². The van der Waals surface area contributed by atoms with Gasteiger partial charge in [-0.3, -0.25) is 4.79 Å². The molecule has 0 radical (unpaired) electrons. The van der Waals surface area contributed by atoms with E-state index >= 15 is 0 Å². The highest BCUT2D eigenvalue weighted by Crippen LogP contribution is 2.27. The van der Waals surface area contributed by atoms with Crippen LogP contribution in [-0.2, 0) is 16.1 Å². The lowest BCUT2D eigenvalue weighted by Gasteiger charge is -2.22. The van der Waals surface area contributed by atoms with Crippen molar-refractivity contribution >= 4 is 29.2 Å².